The van der Waals surface area contributed by atoms with Crippen LogP contribution in [0.25, 0.3) is 0 Å². The number of nitrogens with one attached hydrogen (secondary N) is 1. The fourth-order valence-corrected chi connectivity index (χ4v) is 2.93. The number of hydrogen-bond acceptors (Lipinski definition) is 7. The van der Waals surface area contributed by atoms with Crippen molar-refractivity contribution in [2.45, 2.75) is 26.6 Å². The Morgan fingerprint density at radius 1 is 1.12 bits per heavy atom. The van der Waals surface area contributed by atoms with E-state index in [4.69, 9.17) is 9.15 Å². The highest BCUT2D eigenvalue weighted by atomic mass is 16.6. The number of nitro groups is 1. The van der Waals surface area contributed by atoms with E-state index >= 15 is 0 Å². The van der Waals surface area contributed by atoms with Gasteiger partial charge in [0.25, 0.3) is 5.91 Å². The van der Waals surface area contributed by atoms with E-state index in [-0.39, 0.29) is 24.7 Å². The van der Waals surface area contributed by atoms with Gasteiger partial charge in [-0.25, -0.2) is 4.68 Å². The summed E-state index contributed by atoms with van der Waals surface area (Å²) >= 11 is 0. The van der Waals surface area contributed by atoms with E-state index in [9.17, 15) is 14.9 Å². The van der Waals surface area contributed by atoms with Crippen molar-refractivity contribution < 1.29 is 18.9 Å². The minimum absolute atomic E-state index is 0.0988. The second-order valence-corrected chi connectivity index (χ2v) is 6.91. The summed E-state index contributed by atoms with van der Waals surface area (Å²) in [5.41, 5.74) is 1.60. The van der Waals surface area contributed by atoms with Crippen LogP contribution in [0.2, 0.25) is 0 Å². The number of anilines is 1. The normalized spacial score (nSPS) is 10.8. The van der Waals surface area contributed by atoms with Crippen LogP contribution in [-0.4, -0.2) is 30.4 Å². The van der Waals surface area contributed by atoms with Crippen molar-refractivity contribution in [1.82, 2.24) is 19.6 Å². The molecule has 0 atom stereocenters. The maximum Gasteiger partial charge on any atom is 0.307 e. The molecule has 32 heavy (non-hydrogen) atoms. The van der Waals surface area contributed by atoms with Crippen LogP contribution in [0.5, 0.6) is 5.75 Å². The van der Waals surface area contributed by atoms with E-state index in [0.717, 1.165) is 18.4 Å². The van der Waals surface area contributed by atoms with E-state index in [1.807, 2.05) is 24.3 Å². The zero-order valence-corrected chi connectivity index (χ0v) is 17.2. The lowest BCUT2D eigenvalue weighted by molar-refractivity contribution is -0.385. The molecule has 1 amide bonds. The SMILES string of the molecule is CCc1ccc(OCn2cc(NC(=O)c3ccc(Cn4cc([N+](=O)[O-])cn4)o3)cn2)cc1. The van der Waals surface area contributed by atoms with Gasteiger partial charge in [0.2, 0.25) is 0 Å². The molecule has 0 fully saturated rings. The van der Waals surface area contributed by atoms with Crippen molar-refractivity contribution in [2.75, 3.05) is 5.32 Å². The topological polar surface area (TPSA) is 130 Å². The summed E-state index contributed by atoms with van der Waals surface area (Å²) in [5, 5.41) is 21.5. The molecular formula is C21H20N6O5. The van der Waals surface area contributed by atoms with Crippen LogP contribution in [0.1, 0.15) is 28.8 Å². The van der Waals surface area contributed by atoms with Crippen LogP contribution >= 0.6 is 0 Å². The van der Waals surface area contributed by atoms with E-state index in [1.165, 1.54) is 28.7 Å². The zero-order valence-electron chi connectivity index (χ0n) is 17.2. The van der Waals surface area contributed by atoms with Crippen molar-refractivity contribution >= 4 is 17.3 Å². The van der Waals surface area contributed by atoms with Crippen molar-refractivity contribution in [3.8, 4) is 5.75 Å². The van der Waals surface area contributed by atoms with Crippen LogP contribution < -0.4 is 10.1 Å². The first-order valence-corrected chi connectivity index (χ1v) is 9.81. The zero-order chi connectivity index (χ0) is 22.5. The molecule has 4 aromatic rings. The summed E-state index contributed by atoms with van der Waals surface area (Å²) in [5.74, 6) is 0.820. The average molecular weight is 436 g/mol. The highest BCUT2D eigenvalue weighted by molar-refractivity contribution is 6.02. The van der Waals surface area contributed by atoms with E-state index in [1.54, 1.807) is 16.9 Å². The monoisotopic (exact) mass is 436 g/mol. The summed E-state index contributed by atoms with van der Waals surface area (Å²) in [7, 11) is 0. The Balaban J connectivity index is 1.31. The van der Waals surface area contributed by atoms with Crippen molar-refractivity contribution in [2.24, 2.45) is 0 Å². The van der Waals surface area contributed by atoms with Gasteiger partial charge in [-0.3, -0.25) is 19.6 Å². The third-order valence-electron chi connectivity index (χ3n) is 4.62. The number of carbonyl (C=O) groups excluding carboxylic acids is 1. The number of aryl methyl sites for hydroxylation is 1. The number of carbonyl (C=O) groups is 1. The Kier molecular flexibility index (Phi) is 5.97. The predicted molar refractivity (Wildman–Crippen MR) is 113 cm³/mol. The van der Waals surface area contributed by atoms with Crippen molar-refractivity contribution in [3.63, 3.8) is 0 Å². The molecule has 0 unspecified atom stereocenters. The largest absolute Gasteiger partial charge is 0.471 e. The molecule has 3 aromatic heterocycles. The van der Waals surface area contributed by atoms with Crippen LogP contribution in [0.3, 0.4) is 0 Å². The van der Waals surface area contributed by atoms with Crippen LogP contribution in [-0.2, 0) is 19.7 Å². The number of aromatic nitrogens is 4. The minimum Gasteiger partial charge on any atom is -0.471 e. The molecular weight excluding hydrogens is 416 g/mol. The van der Waals surface area contributed by atoms with Crippen LogP contribution in [0.4, 0.5) is 11.4 Å². The average Bonchev–Trinajstić information content (AvgIpc) is 3.54. The number of benzene rings is 1. The summed E-state index contributed by atoms with van der Waals surface area (Å²) in [6, 6.07) is 11.0. The fourth-order valence-electron chi connectivity index (χ4n) is 2.93. The summed E-state index contributed by atoms with van der Waals surface area (Å²) < 4.78 is 14.1. The van der Waals surface area contributed by atoms with Gasteiger partial charge in [0.05, 0.1) is 29.5 Å². The molecule has 0 spiro atoms. The Morgan fingerprint density at radius 2 is 1.91 bits per heavy atom. The van der Waals surface area contributed by atoms with E-state index in [2.05, 4.69) is 22.4 Å². The molecule has 0 aliphatic rings. The first-order valence-electron chi connectivity index (χ1n) is 9.81. The van der Waals surface area contributed by atoms with Gasteiger partial charge < -0.3 is 14.5 Å². The predicted octanol–water partition coefficient (Wildman–Crippen LogP) is 3.48. The number of rotatable bonds is 9. The fraction of sp³-hybridized carbons (Fsp3) is 0.190. The highest BCUT2D eigenvalue weighted by Gasteiger charge is 2.14. The van der Waals surface area contributed by atoms with Gasteiger partial charge in [-0.2, -0.15) is 10.2 Å². The molecule has 0 saturated carbocycles. The summed E-state index contributed by atoms with van der Waals surface area (Å²) in [6.07, 6.45) is 6.56. The molecule has 11 nitrogen and oxygen atoms in total. The molecule has 1 N–H and O–H groups in total. The Labute approximate surface area is 182 Å². The molecule has 1 aromatic carbocycles. The first kappa shape index (κ1) is 20.8. The van der Waals surface area contributed by atoms with Gasteiger partial charge in [0.1, 0.15) is 23.9 Å². The van der Waals surface area contributed by atoms with Gasteiger partial charge in [-0.15, -0.1) is 0 Å². The lowest BCUT2D eigenvalue weighted by atomic mass is 10.2. The summed E-state index contributed by atoms with van der Waals surface area (Å²) in [6.45, 7) is 2.45. The smallest absolute Gasteiger partial charge is 0.307 e. The maximum absolute atomic E-state index is 12.4. The number of hydrogen-bond donors (Lipinski definition) is 1. The second kappa shape index (κ2) is 9.16. The lowest BCUT2D eigenvalue weighted by Gasteiger charge is -2.06. The third kappa shape index (κ3) is 5.01. The van der Waals surface area contributed by atoms with Crippen LogP contribution in [0.15, 0.2) is 65.6 Å². The number of amides is 1. The Bertz CT molecular complexity index is 1220. The molecule has 0 saturated heterocycles. The number of nitrogens with zero attached hydrogens (tertiary/aromatic N) is 5. The standard InChI is InChI=1S/C21H20N6O5/c1-2-15-3-5-18(6-4-15)31-14-26-11-16(9-22-26)24-21(28)20-8-7-19(32-20)13-25-12-17(10-23-25)27(29)30/h3-12H,2,13-14H2,1H3,(H,24,28). The van der Waals surface area contributed by atoms with Gasteiger partial charge in [0, 0.05) is 0 Å². The number of furan rings is 1. The van der Waals surface area contributed by atoms with Gasteiger partial charge in [0.15, 0.2) is 12.5 Å². The summed E-state index contributed by atoms with van der Waals surface area (Å²) in [4.78, 5) is 22.6. The van der Waals surface area contributed by atoms with Crippen molar-refractivity contribution in [3.05, 3.63) is 88.4 Å². The Morgan fingerprint density at radius 3 is 2.62 bits per heavy atom. The number of ether oxygens (including phenoxy) is 1. The molecule has 0 bridgehead atoms. The quantitative estimate of drug-likeness (QED) is 0.314. The van der Waals surface area contributed by atoms with E-state index < -0.39 is 10.8 Å². The second-order valence-electron chi connectivity index (χ2n) is 6.91. The Hall–Kier alpha value is -4.41. The van der Waals surface area contributed by atoms with Crippen molar-refractivity contribution in [1.29, 1.82) is 0 Å². The van der Waals surface area contributed by atoms with Gasteiger partial charge in [-0.1, -0.05) is 19.1 Å². The minimum atomic E-state index is -0.530. The lowest BCUT2D eigenvalue weighted by Crippen LogP contribution is -2.10. The molecule has 0 radical (unpaired) electrons. The van der Waals surface area contributed by atoms with Gasteiger partial charge in [-0.05, 0) is 36.2 Å². The van der Waals surface area contributed by atoms with E-state index in [0.29, 0.717) is 11.4 Å². The third-order valence-corrected chi connectivity index (χ3v) is 4.62. The maximum atomic E-state index is 12.4. The molecule has 3 heterocycles. The van der Waals surface area contributed by atoms with Gasteiger partial charge >= 0.3 is 5.69 Å². The molecule has 0 aliphatic heterocycles. The molecule has 11 heteroatoms. The highest BCUT2D eigenvalue weighted by Crippen LogP contribution is 2.16. The first-order chi connectivity index (χ1) is 15.5. The molecule has 164 valence electrons. The molecule has 0 aliphatic carbocycles. The molecule has 4 rings (SSSR count). The van der Waals surface area contributed by atoms with Crippen LogP contribution in [0, 0.1) is 10.1 Å².